The van der Waals surface area contributed by atoms with Crippen molar-refractivity contribution < 1.29 is 19.4 Å². The molecule has 1 N–H and O–H groups in total. The van der Waals surface area contributed by atoms with E-state index in [0.717, 1.165) is 25.7 Å². The van der Waals surface area contributed by atoms with Gasteiger partial charge in [0.05, 0.1) is 12.0 Å². The Morgan fingerprint density at radius 3 is 2.81 bits per heavy atom. The van der Waals surface area contributed by atoms with Gasteiger partial charge in [0.25, 0.3) is 5.91 Å². The number of carbonyl (C=O) groups excluding carboxylic acids is 1. The fourth-order valence-corrected chi connectivity index (χ4v) is 4.44. The molecule has 0 bridgehead atoms. The van der Waals surface area contributed by atoms with Gasteiger partial charge in [-0.3, -0.25) is 4.79 Å². The lowest BCUT2D eigenvalue weighted by molar-refractivity contribution is -0.141. The third kappa shape index (κ3) is 2.52. The second-order valence-corrected chi connectivity index (χ2v) is 6.68. The fraction of sp³-hybridized carbons (Fsp3) is 0.600. The Morgan fingerprint density at radius 1 is 1.38 bits per heavy atom. The van der Waals surface area contributed by atoms with Gasteiger partial charge in [0.15, 0.2) is 0 Å². The van der Waals surface area contributed by atoms with Crippen molar-refractivity contribution >= 4 is 23.2 Å². The summed E-state index contributed by atoms with van der Waals surface area (Å²) < 4.78 is 5.11. The zero-order chi connectivity index (χ0) is 15.0. The summed E-state index contributed by atoms with van der Waals surface area (Å²) in [5.74, 6) is -0.0633. The van der Waals surface area contributed by atoms with Crippen LogP contribution in [0, 0.1) is 5.92 Å². The molecule has 2 aliphatic rings. The van der Waals surface area contributed by atoms with E-state index in [4.69, 9.17) is 4.74 Å². The van der Waals surface area contributed by atoms with Crippen LogP contribution in [0.5, 0.6) is 5.75 Å². The van der Waals surface area contributed by atoms with Crippen molar-refractivity contribution in [3.05, 3.63) is 16.3 Å². The van der Waals surface area contributed by atoms with Crippen molar-refractivity contribution in [2.45, 2.75) is 44.2 Å². The molecular formula is C15H19NO4S. The lowest BCUT2D eigenvalue weighted by Crippen LogP contribution is -2.46. The molecule has 1 aromatic heterocycles. The molecule has 3 rings (SSSR count). The molecule has 0 aromatic carbocycles. The summed E-state index contributed by atoms with van der Waals surface area (Å²) in [6, 6.07) is 1.10. The van der Waals surface area contributed by atoms with E-state index in [9.17, 15) is 14.7 Å². The molecule has 3 atom stereocenters. The monoisotopic (exact) mass is 309 g/mol. The van der Waals surface area contributed by atoms with Crippen molar-refractivity contribution in [3.63, 3.8) is 0 Å². The van der Waals surface area contributed by atoms with Gasteiger partial charge in [0.1, 0.15) is 11.8 Å². The minimum atomic E-state index is -0.888. The molecule has 0 spiro atoms. The summed E-state index contributed by atoms with van der Waals surface area (Å²) in [5.41, 5.74) is 0. The molecule has 6 heteroatoms. The highest BCUT2D eigenvalue weighted by molar-refractivity contribution is 7.12. The van der Waals surface area contributed by atoms with Crippen molar-refractivity contribution in [1.82, 2.24) is 4.90 Å². The van der Waals surface area contributed by atoms with Crippen molar-refractivity contribution in [2.75, 3.05) is 7.11 Å². The molecule has 1 aliphatic carbocycles. The molecule has 1 saturated carbocycles. The number of carboxylic acid groups (broad SMARTS) is 1. The van der Waals surface area contributed by atoms with E-state index >= 15 is 0 Å². The normalized spacial score (nSPS) is 28.2. The number of nitrogens with zero attached hydrogens (tertiary/aromatic N) is 1. The predicted molar refractivity (Wildman–Crippen MR) is 78.8 cm³/mol. The Bertz CT molecular complexity index is 556. The summed E-state index contributed by atoms with van der Waals surface area (Å²) in [4.78, 5) is 26.5. The van der Waals surface area contributed by atoms with Gasteiger partial charge in [-0.1, -0.05) is 12.8 Å². The highest BCUT2D eigenvalue weighted by atomic mass is 32.1. The summed E-state index contributed by atoms with van der Waals surface area (Å²) in [7, 11) is 1.56. The maximum absolute atomic E-state index is 12.8. The summed E-state index contributed by atoms with van der Waals surface area (Å²) in [6.45, 7) is 0. The van der Waals surface area contributed by atoms with E-state index in [1.54, 1.807) is 23.5 Å². The summed E-state index contributed by atoms with van der Waals surface area (Å²) in [5, 5.41) is 11.2. The largest absolute Gasteiger partial charge is 0.496 e. The number of carbonyl (C=O) groups is 2. The number of thiophene rings is 1. The number of fused-ring (bicyclic) bond motifs is 1. The number of rotatable bonds is 3. The SMILES string of the molecule is COc1csc(C(=O)N2[C@@H]3CCCC[C@@H]3C[C@H]2C(=O)O)c1. The van der Waals surface area contributed by atoms with Crippen molar-refractivity contribution in [2.24, 2.45) is 5.92 Å². The molecule has 0 unspecified atom stereocenters. The van der Waals surface area contributed by atoms with Crippen LogP contribution in [-0.4, -0.2) is 41.1 Å². The highest BCUT2D eigenvalue weighted by Gasteiger charge is 2.47. The number of amides is 1. The first-order chi connectivity index (χ1) is 10.1. The first-order valence-electron chi connectivity index (χ1n) is 7.30. The molecule has 1 amide bonds. The molecule has 2 fully saturated rings. The van der Waals surface area contributed by atoms with Gasteiger partial charge in [0.2, 0.25) is 0 Å². The first-order valence-corrected chi connectivity index (χ1v) is 8.17. The molecule has 1 aliphatic heterocycles. The van der Waals surface area contributed by atoms with Gasteiger partial charge in [-0.2, -0.15) is 0 Å². The average molecular weight is 309 g/mol. The maximum atomic E-state index is 12.8. The number of ether oxygens (including phenoxy) is 1. The average Bonchev–Trinajstić information content (AvgIpc) is 3.11. The van der Waals surface area contributed by atoms with Gasteiger partial charge in [-0.15, -0.1) is 11.3 Å². The number of hydrogen-bond acceptors (Lipinski definition) is 4. The number of hydrogen-bond donors (Lipinski definition) is 1. The number of carboxylic acids is 1. The van der Waals surface area contributed by atoms with Gasteiger partial charge in [-0.05, 0) is 25.2 Å². The van der Waals surface area contributed by atoms with Crippen LogP contribution in [0.25, 0.3) is 0 Å². The third-order valence-electron chi connectivity index (χ3n) is 4.63. The molecule has 1 aromatic rings. The van der Waals surface area contributed by atoms with Crippen LogP contribution in [0.3, 0.4) is 0 Å². The quantitative estimate of drug-likeness (QED) is 0.932. The van der Waals surface area contributed by atoms with E-state index in [2.05, 4.69) is 0 Å². The number of aliphatic carboxylic acids is 1. The molecule has 5 nitrogen and oxygen atoms in total. The van der Waals surface area contributed by atoms with Crippen LogP contribution in [0.1, 0.15) is 41.8 Å². The zero-order valence-corrected chi connectivity index (χ0v) is 12.8. The maximum Gasteiger partial charge on any atom is 0.326 e. The Kier molecular flexibility index (Phi) is 3.89. The molecule has 1 saturated heterocycles. The molecule has 2 heterocycles. The number of likely N-dealkylation sites (tertiary alicyclic amines) is 1. The van der Waals surface area contributed by atoms with E-state index in [1.807, 2.05) is 0 Å². The number of methoxy groups -OCH3 is 1. The minimum absolute atomic E-state index is 0.0837. The Labute approximate surface area is 127 Å². The smallest absolute Gasteiger partial charge is 0.326 e. The standard InChI is InChI=1S/C15H19NO4S/c1-20-10-7-13(21-8-10)14(17)16-11-5-3-2-4-9(11)6-12(16)15(18)19/h7-9,11-12H,2-6H2,1H3,(H,18,19)/t9-,11-,12+/m1/s1. The lowest BCUT2D eigenvalue weighted by atomic mass is 9.85. The van der Waals surface area contributed by atoms with E-state index in [0.29, 0.717) is 23.0 Å². The minimum Gasteiger partial charge on any atom is -0.496 e. The van der Waals surface area contributed by atoms with Crippen LogP contribution >= 0.6 is 11.3 Å². The van der Waals surface area contributed by atoms with Crippen LogP contribution in [0.4, 0.5) is 0 Å². The van der Waals surface area contributed by atoms with Crippen LogP contribution in [-0.2, 0) is 4.79 Å². The van der Waals surface area contributed by atoms with Gasteiger partial charge >= 0.3 is 5.97 Å². The van der Waals surface area contributed by atoms with E-state index in [1.165, 1.54) is 11.3 Å². The van der Waals surface area contributed by atoms with Gasteiger partial charge in [0, 0.05) is 17.5 Å². The third-order valence-corrected chi connectivity index (χ3v) is 5.53. The molecule has 0 radical (unpaired) electrons. The zero-order valence-electron chi connectivity index (χ0n) is 11.9. The highest BCUT2D eigenvalue weighted by Crippen LogP contribution is 2.41. The summed E-state index contributed by atoms with van der Waals surface area (Å²) in [6.07, 6.45) is 4.76. The Morgan fingerprint density at radius 2 is 2.14 bits per heavy atom. The summed E-state index contributed by atoms with van der Waals surface area (Å²) >= 11 is 1.31. The topological polar surface area (TPSA) is 66.8 Å². The Balaban J connectivity index is 1.88. The van der Waals surface area contributed by atoms with E-state index < -0.39 is 12.0 Å². The second kappa shape index (κ2) is 5.67. The Hall–Kier alpha value is -1.56. The van der Waals surface area contributed by atoms with Crippen molar-refractivity contribution in [1.29, 1.82) is 0 Å². The van der Waals surface area contributed by atoms with Gasteiger partial charge in [-0.25, -0.2) is 4.79 Å². The molecule has 114 valence electrons. The molecule has 21 heavy (non-hydrogen) atoms. The fourth-order valence-electron chi connectivity index (χ4n) is 3.64. The van der Waals surface area contributed by atoms with Crippen LogP contribution in [0.15, 0.2) is 11.4 Å². The van der Waals surface area contributed by atoms with Crippen LogP contribution < -0.4 is 4.74 Å². The van der Waals surface area contributed by atoms with E-state index in [-0.39, 0.29) is 11.9 Å². The van der Waals surface area contributed by atoms with Crippen LogP contribution in [0.2, 0.25) is 0 Å². The van der Waals surface area contributed by atoms with Gasteiger partial charge < -0.3 is 14.7 Å². The van der Waals surface area contributed by atoms with Crippen molar-refractivity contribution in [3.8, 4) is 5.75 Å². The predicted octanol–water partition coefficient (Wildman–Crippen LogP) is 2.61. The lowest BCUT2D eigenvalue weighted by Gasteiger charge is -2.32. The molecular weight excluding hydrogens is 290 g/mol. The first kappa shape index (κ1) is 14.4. The second-order valence-electron chi connectivity index (χ2n) is 5.76.